The Hall–Kier alpha value is -1.45. The van der Waals surface area contributed by atoms with Gasteiger partial charge in [0.15, 0.2) is 0 Å². The molecule has 1 aromatic heterocycles. The Kier molecular flexibility index (Phi) is 6.54. The summed E-state index contributed by atoms with van der Waals surface area (Å²) in [6.45, 7) is 9.26. The zero-order valence-corrected chi connectivity index (χ0v) is 15.8. The second kappa shape index (κ2) is 8.70. The van der Waals surface area contributed by atoms with Gasteiger partial charge in [-0.05, 0) is 18.4 Å². The maximum absolute atomic E-state index is 13.2. The quantitative estimate of drug-likeness (QED) is 0.773. The van der Waals surface area contributed by atoms with Gasteiger partial charge in [-0.25, -0.2) is 9.97 Å². The monoisotopic (exact) mass is 388 g/mol. The lowest BCUT2D eigenvalue weighted by molar-refractivity contribution is -0.141. The molecule has 1 atom stereocenters. The van der Waals surface area contributed by atoms with E-state index in [4.69, 9.17) is 9.47 Å². The molecule has 0 radical (unpaired) electrons. The zero-order chi connectivity index (χ0) is 19.4. The van der Waals surface area contributed by atoms with E-state index < -0.39 is 11.9 Å². The molecule has 9 heteroatoms. The van der Waals surface area contributed by atoms with Crippen LogP contribution in [0.1, 0.15) is 37.6 Å². The fourth-order valence-electron chi connectivity index (χ4n) is 3.24. The molecule has 0 N–H and O–H groups in total. The van der Waals surface area contributed by atoms with E-state index in [9.17, 15) is 13.2 Å². The Morgan fingerprint density at radius 1 is 1.15 bits per heavy atom. The van der Waals surface area contributed by atoms with Crippen molar-refractivity contribution in [2.24, 2.45) is 0 Å². The van der Waals surface area contributed by atoms with Gasteiger partial charge in [-0.1, -0.05) is 13.8 Å². The number of ether oxygens (including phenoxy) is 2. The number of piperazine rings is 1. The number of halogens is 3. The Bertz CT molecular complexity index is 613. The minimum absolute atomic E-state index is 0.0909. The summed E-state index contributed by atoms with van der Waals surface area (Å²) in [6.07, 6.45) is -3.43. The second-order valence-corrected chi connectivity index (χ2v) is 7.32. The third-order valence-electron chi connectivity index (χ3n) is 4.92. The first-order valence-electron chi connectivity index (χ1n) is 9.46. The van der Waals surface area contributed by atoms with Crippen molar-refractivity contribution < 1.29 is 22.6 Å². The number of nitrogens with zero attached hydrogens (tertiary/aromatic N) is 4. The smallest absolute Gasteiger partial charge is 0.376 e. The van der Waals surface area contributed by atoms with Crippen LogP contribution < -0.4 is 4.90 Å². The average molecular weight is 388 g/mol. The van der Waals surface area contributed by atoms with Crippen LogP contribution in [0, 0.1) is 0 Å². The SMILES string of the molecule is CC(C)c1cc(C(F)(F)F)nc(N2CCN(CCC3COCCO3)CC2)n1. The third kappa shape index (κ3) is 5.52. The van der Waals surface area contributed by atoms with Crippen LogP contribution in [0.5, 0.6) is 0 Å². The van der Waals surface area contributed by atoms with Gasteiger partial charge in [0, 0.05) is 38.4 Å². The summed E-state index contributed by atoms with van der Waals surface area (Å²) in [4.78, 5) is 12.3. The van der Waals surface area contributed by atoms with E-state index in [1.54, 1.807) is 0 Å². The van der Waals surface area contributed by atoms with E-state index in [0.29, 0.717) is 38.6 Å². The number of hydrogen-bond donors (Lipinski definition) is 0. The number of anilines is 1. The van der Waals surface area contributed by atoms with Gasteiger partial charge in [0.25, 0.3) is 0 Å². The van der Waals surface area contributed by atoms with Gasteiger partial charge in [0.2, 0.25) is 5.95 Å². The zero-order valence-electron chi connectivity index (χ0n) is 15.8. The van der Waals surface area contributed by atoms with Crippen molar-refractivity contribution >= 4 is 5.95 Å². The molecular formula is C18H27F3N4O2. The number of alkyl halides is 3. The fourth-order valence-corrected chi connectivity index (χ4v) is 3.24. The molecule has 0 bridgehead atoms. The fraction of sp³-hybridized carbons (Fsp3) is 0.778. The summed E-state index contributed by atoms with van der Waals surface area (Å²) in [5.41, 5.74) is -0.447. The molecule has 6 nitrogen and oxygen atoms in total. The average Bonchev–Trinajstić information content (AvgIpc) is 2.66. The molecule has 0 aliphatic carbocycles. The molecule has 0 amide bonds. The Morgan fingerprint density at radius 2 is 1.89 bits per heavy atom. The van der Waals surface area contributed by atoms with Crippen molar-refractivity contribution in [3.8, 4) is 0 Å². The summed E-state index contributed by atoms with van der Waals surface area (Å²) >= 11 is 0. The van der Waals surface area contributed by atoms with Gasteiger partial charge in [-0.3, -0.25) is 4.90 Å². The Balaban J connectivity index is 1.59. The van der Waals surface area contributed by atoms with Crippen molar-refractivity contribution in [1.29, 1.82) is 0 Å². The van der Waals surface area contributed by atoms with E-state index in [0.717, 1.165) is 32.1 Å². The summed E-state index contributed by atoms with van der Waals surface area (Å²) in [7, 11) is 0. The summed E-state index contributed by atoms with van der Waals surface area (Å²) in [5.74, 6) is 0.0871. The van der Waals surface area contributed by atoms with Crippen molar-refractivity contribution in [1.82, 2.24) is 14.9 Å². The topological polar surface area (TPSA) is 50.7 Å². The van der Waals surface area contributed by atoms with E-state index in [-0.39, 0.29) is 18.0 Å². The van der Waals surface area contributed by atoms with Crippen LogP contribution in [0.25, 0.3) is 0 Å². The molecule has 2 aliphatic heterocycles. The van der Waals surface area contributed by atoms with E-state index >= 15 is 0 Å². The lowest BCUT2D eigenvalue weighted by Gasteiger charge is -2.36. The van der Waals surface area contributed by atoms with Crippen LogP contribution in [0.3, 0.4) is 0 Å². The minimum Gasteiger partial charge on any atom is -0.376 e. The van der Waals surface area contributed by atoms with Crippen LogP contribution >= 0.6 is 0 Å². The first-order valence-corrected chi connectivity index (χ1v) is 9.46. The predicted molar refractivity (Wildman–Crippen MR) is 95.0 cm³/mol. The number of rotatable bonds is 5. The highest BCUT2D eigenvalue weighted by Gasteiger charge is 2.34. The third-order valence-corrected chi connectivity index (χ3v) is 4.92. The van der Waals surface area contributed by atoms with E-state index in [2.05, 4.69) is 14.9 Å². The molecule has 1 unspecified atom stereocenters. The molecule has 2 fully saturated rings. The normalized spacial score (nSPS) is 22.4. The maximum atomic E-state index is 13.2. The molecular weight excluding hydrogens is 361 g/mol. The highest BCUT2D eigenvalue weighted by Crippen LogP contribution is 2.30. The van der Waals surface area contributed by atoms with Crippen LogP contribution in [-0.2, 0) is 15.7 Å². The van der Waals surface area contributed by atoms with Crippen LogP contribution in [0.15, 0.2) is 6.07 Å². The molecule has 3 heterocycles. The predicted octanol–water partition coefficient (Wildman–Crippen LogP) is 2.55. The molecule has 0 spiro atoms. The second-order valence-electron chi connectivity index (χ2n) is 7.32. The Morgan fingerprint density at radius 3 is 2.48 bits per heavy atom. The Labute approximate surface area is 157 Å². The van der Waals surface area contributed by atoms with Crippen molar-refractivity contribution in [3.63, 3.8) is 0 Å². The molecule has 152 valence electrons. The largest absolute Gasteiger partial charge is 0.433 e. The first-order chi connectivity index (χ1) is 12.8. The minimum atomic E-state index is -4.47. The lowest BCUT2D eigenvalue weighted by Crippen LogP contribution is -2.48. The van der Waals surface area contributed by atoms with Crippen molar-refractivity contribution in [2.75, 3.05) is 57.4 Å². The van der Waals surface area contributed by atoms with Crippen LogP contribution in [0.4, 0.5) is 19.1 Å². The summed E-state index contributed by atoms with van der Waals surface area (Å²) < 4.78 is 50.6. The molecule has 1 aromatic rings. The first kappa shape index (κ1) is 20.3. The highest BCUT2D eigenvalue weighted by molar-refractivity contribution is 5.35. The lowest BCUT2D eigenvalue weighted by atomic mass is 10.1. The van der Waals surface area contributed by atoms with Gasteiger partial charge >= 0.3 is 6.18 Å². The van der Waals surface area contributed by atoms with Crippen molar-refractivity contribution in [2.45, 2.75) is 38.5 Å². The van der Waals surface area contributed by atoms with Gasteiger partial charge in [0.1, 0.15) is 5.69 Å². The van der Waals surface area contributed by atoms with Crippen LogP contribution in [0.2, 0.25) is 0 Å². The number of hydrogen-bond acceptors (Lipinski definition) is 6. The van der Waals surface area contributed by atoms with Crippen molar-refractivity contribution in [3.05, 3.63) is 17.5 Å². The maximum Gasteiger partial charge on any atom is 0.433 e. The highest BCUT2D eigenvalue weighted by atomic mass is 19.4. The summed E-state index contributed by atoms with van der Waals surface area (Å²) in [5, 5.41) is 0. The molecule has 3 rings (SSSR count). The van der Waals surface area contributed by atoms with Crippen LogP contribution in [-0.4, -0.2) is 73.5 Å². The van der Waals surface area contributed by atoms with Gasteiger partial charge in [-0.15, -0.1) is 0 Å². The molecule has 27 heavy (non-hydrogen) atoms. The van der Waals surface area contributed by atoms with E-state index in [1.807, 2.05) is 18.7 Å². The standard InChI is InChI=1S/C18H27F3N4O2/c1-13(2)15-11-16(18(19,20)21)23-17(22-15)25-7-5-24(6-8-25)4-3-14-12-26-9-10-27-14/h11,13-14H,3-10,12H2,1-2H3. The molecule has 0 aromatic carbocycles. The van der Waals surface area contributed by atoms with E-state index in [1.165, 1.54) is 0 Å². The summed E-state index contributed by atoms with van der Waals surface area (Å²) in [6, 6.07) is 1.05. The molecule has 2 aliphatic rings. The molecule has 2 saturated heterocycles. The van der Waals surface area contributed by atoms with Gasteiger partial charge in [0.05, 0.1) is 25.9 Å². The van der Waals surface area contributed by atoms with Gasteiger partial charge in [-0.2, -0.15) is 13.2 Å². The number of aromatic nitrogens is 2. The molecule has 0 saturated carbocycles. The van der Waals surface area contributed by atoms with Gasteiger partial charge < -0.3 is 14.4 Å².